The van der Waals surface area contributed by atoms with Crippen LogP contribution in [0.3, 0.4) is 0 Å². The molecule has 9 rings (SSSR count). The predicted octanol–water partition coefficient (Wildman–Crippen LogP) is 8.65. The molecule has 0 radical (unpaired) electrons. The van der Waals surface area contributed by atoms with Gasteiger partial charge in [0.25, 0.3) is 0 Å². The van der Waals surface area contributed by atoms with Crippen LogP contribution in [0, 0.1) is 12.1 Å². The van der Waals surface area contributed by atoms with E-state index in [1.54, 1.807) is 0 Å². The summed E-state index contributed by atoms with van der Waals surface area (Å²) in [5, 5.41) is 6.29. The fourth-order valence-electron chi connectivity index (χ4n) is 6.12. The molecule has 6 heteroatoms. The Labute approximate surface area is 254 Å². The van der Waals surface area contributed by atoms with Crippen LogP contribution in [0.25, 0.3) is 65.8 Å². The number of pyridine rings is 2. The van der Waals surface area contributed by atoms with E-state index in [0.717, 1.165) is 60.2 Å². The standard InChI is InChI=1S/C36H20N4O.Pt/c1-2-7-23(8-3-1)26-10-6-11-30-28-16-14-25(22-32(28)36-38-18-20-40(36)34(26)30)41-24-13-15-27-29-9-4-5-12-33(29)39-19-17-37-35(39)31(27)21-24;/h1-20H;/q-2;+2. The van der Waals surface area contributed by atoms with E-state index in [0.29, 0.717) is 11.5 Å². The molecule has 42 heavy (non-hydrogen) atoms. The van der Waals surface area contributed by atoms with Crippen molar-refractivity contribution in [3.63, 3.8) is 0 Å². The number of imidazole rings is 2. The molecule has 0 spiro atoms. The molecule has 4 heterocycles. The topological polar surface area (TPSA) is 43.8 Å². The zero-order valence-corrected chi connectivity index (χ0v) is 24.3. The number of para-hydroxylation sites is 2. The molecule has 0 aliphatic rings. The number of hydrogen-bond acceptors (Lipinski definition) is 3. The molecule has 0 saturated carbocycles. The smallest absolute Gasteiger partial charge is 0.497 e. The maximum Gasteiger partial charge on any atom is 2.00 e. The molecule has 4 aromatic heterocycles. The summed E-state index contributed by atoms with van der Waals surface area (Å²) < 4.78 is 10.6. The van der Waals surface area contributed by atoms with E-state index in [9.17, 15) is 0 Å². The second kappa shape index (κ2) is 9.54. The molecule has 200 valence electrons. The van der Waals surface area contributed by atoms with Crippen LogP contribution in [0.2, 0.25) is 0 Å². The first kappa shape index (κ1) is 24.8. The molecule has 0 unspecified atom stereocenters. The van der Waals surface area contributed by atoms with Gasteiger partial charge in [-0.3, -0.25) is 9.97 Å². The Bertz CT molecular complexity index is 2460. The van der Waals surface area contributed by atoms with Gasteiger partial charge in [0, 0.05) is 52.9 Å². The maximum atomic E-state index is 6.38. The van der Waals surface area contributed by atoms with Crippen molar-refractivity contribution in [1.29, 1.82) is 0 Å². The van der Waals surface area contributed by atoms with Gasteiger partial charge in [-0.2, -0.15) is 0 Å². The molecule has 0 N–H and O–H groups in total. The number of ether oxygens (including phenoxy) is 1. The average Bonchev–Trinajstić information content (AvgIpc) is 3.73. The zero-order chi connectivity index (χ0) is 26.9. The Morgan fingerprint density at radius 2 is 1.17 bits per heavy atom. The summed E-state index contributed by atoms with van der Waals surface area (Å²) in [7, 11) is 0. The summed E-state index contributed by atoms with van der Waals surface area (Å²) in [4.78, 5) is 9.36. The van der Waals surface area contributed by atoms with Gasteiger partial charge in [0.15, 0.2) is 0 Å². The van der Waals surface area contributed by atoms with Gasteiger partial charge in [-0.1, -0.05) is 113 Å². The fourth-order valence-corrected chi connectivity index (χ4v) is 6.12. The third-order valence-corrected chi connectivity index (χ3v) is 7.89. The van der Waals surface area contributed by atoms with Crippen LogP contribution in [0.15, 0.2) is 122 Å². The number of benzene rings is 5. The normalized spacial score (nSPS) is 11.6. The minimum Gasteiger partial charge on any atom is -0.497 e. The fraction of sp³-hybridized carbons (Fsp3) is 0. The molecule has 0 amide bonds. The first-order valence-electron chi connectivity index (χ1n) is 13.5. The van der Waals surface area contributed by atoms with Crippen molar-refractivity contribution < 1.29 is 25.8 Å². The first-order valence-corrected chi connectivity index (χ1v) is 13.5. The van der Waals surface area contributed by atoms with E-state index in [1.807, 2.05) is 49.1 Å². The van der Waals surface area contributed by atoms with Crippen LogP contribution in [0.4, 0.5) is 0 Å². The molecule has 0 aliphatic carbocycles. The first-order chi connectivity index (χ1) is 20.3. The minimum atomic E-state index is 0. The molecule has 0 atom stereocenters. The van der Waals surface area contributed by atoms with Crippen molar-refractivity contribution in [2.75, 3.05) is 0 Å². The summed E-state index contributed by atoms with van der Waals surface area (Å²) in [5.74, 6) is 1.22. The van der Waals surface area contributed by atoms with Gasteiger partial charge in [-0.05, 0) is 22.4 Å². The van der Waals surface area contributed by atoms with Crippen molar-refractivity contribution in [3.05, 3.63) is 134 Å². The summed E-state index contributed by atoms with van der Waals surface area (Å²) in [6.45, 7) is 0. The van der Waals surface area contributed by atoms with Crippen molar-refractivity contribution in [2.45, 2.75) is 0 Å². The quantitative estimate of drug-likeness (QED) is 0.136. The van der Waals surface area contributed by atoms with Gasteiger partial charge in [0.2, 0.25) is 0 Å². The summed E-state index contributed by atoms with van der Waals surface area (Å²) >= 11 is 0. The van der Waals surface area contributed by atoms with Crippen molar-refractivity contribution in [3.8, 4) is 22.6 Å². The monoisotopic (exact) mass is 719 g/mol. The molecule has 0 saturated heterocycles. The Kier molecular flexibility index (Phi) is 5.63. The van der Waals surface area contributed by atoms with Crippen LogP contribution in [0.1, 0.15) is 0 Å². The number of aromatic nitrogens is 4. The second-order valence-electron chi connectivity index (χ2n) is 10.2. The van der Waals surface area contributed by atoms with Gasteiger partial charge in [-0.25, -0.2) is 0 Å². The molecular formula is C36H20N4OPt. The SMILES string of the molecule is [Pt+2].[c-]1c(Oc2[c-]c3c(cc2)c2cccc(-c4ccccc4)c2n2ccnc32)ccc2c1c1nccn1c1ccccc21. The number of hydrogen-bond donors (Lipinski definition) is 0. The van der Waals surface area contributed by atoms with Crippen LogP contribution < -0.4 is 4.74 Å². The third-order valence-electron chi connectivity index (χ3n) is 7.89. The largest absolute Gasteiger partial charge is 2.00 e. The molecule has 5 aromatic carbocycles. The Balaban J connectivity index is 0.00000267. The van der Waals surface area contributed by atoms with Gasteiger partial charge < -0.3 is 13.5 Å². The number of fused-ring (bicyclic) bond motifs is 12. The van der Waals surface area contributed by atoms with Gasteiger partial charge in [0.1, 0.15) is 0 Å². The Hall–Kier alpha value is -4.99. The van der Waals surface area contributed by atoms with Crippen LogP contribution in [-0.4, -0.2) is 18.8 Å². The summed E-state index contributed by atoms with van der Waals surface area (Å²) in [5.41, 5.74) is 6.27. The van der Waals surface area contributed by atoms with E-state index < -0.39 is 0 Å². The van der Waals surface area contributed by atoms with Gasteiger partial charge >= 0.3 is 21.1 Å². The number of nitrogens with zero attached hydrogens (tertiary/aromatic N) is 4. The maximum absolute atomic E-state index is 6.38. The van der Waals surface area contributed by atoms with Crippen LogP contribution in [-0.2, 0) is 21.1 Å². The average molecular weight is 720 g/mol. The van der Waals surface area contributed by atoms with Crippen LogP contribution >= 0.6 is 0 Å². The molecule has 0 aliphatic heterocycles. The van der Waals surface area contributed by atoms with Gasteiger partial charge in [-0.15, -0.1) is 12.1 Å². The summed E-state index contributed by atoms with van der Waals surface area (Å²) in [6.07, 6.45) is 7.67. The van der Waals surface area contributed by atoms with Crippen molar-refractivity contribution >= 4 is 54.6 Å². The zero-order valence-electron chi connectivity index (χ0n) is 22.1. The van der Waals surface area contributed by atoms with E-state index in [2.05, 4.69) is 98.7 Å². The van der Waals surface area contributed by atoms with Crippen LogP contribution in [0.5, 0.6) is 11.5 Å². The number of rotatable bonds is 3. The Morgan fingerprint density at radius 3 is 1.93 bits per heavy atom. The predicted molar refractivity (Wildman–Crippen MR) is 164 cm³/mol. The second-order valence-corrected chi connectivity index (χ2v) is 10.2. The third kappa shape index (κ3) is 3.60. The molecular weight excluding hydrogens is 700 g/mol. The Morgan fingerprint density at radius 1 is 0.548 bits per heavy atom. The molecule has 9 aromatic rings. The summed E-state index contributed by atoms with van der Waals surface area (Å²) in [6, 6.07) is 40.4. The van der Waals surface area contributed by atoms with E-state index in [-0.39, 0.29) is 21.1 Å². The molecule has 0 bridgehead atoms. The minimum absolute atomic E-state index is 0. The van der Waals surface area contributed by atoms with Crippen molar-refractivity contribution in [1.82, 2.24) is 18.8 Å². The van der Waals surface area contributed by atoms with E-state index in [4.69, 9.17) is 9.72 Å². The molecule has 5 nitrogen and oxygen atoms in total. The van der Waals surface area contributed by atoms with E-state index >= 15 is 0 Å². The van der Waals surface area contributed by atoms with Crippen molar-refractivity contribution in [2.24, 2.45) is 0 Å². The van der Waals surface area contributed by atoms with Gasteiger partial charge in [0.05, 0.1) is 11.3 Å². The van der Waals surface area contributed by atoms with E-state index in [1.165, 1.54) is 5.56 Å². The molecule has 0 fully saturated rings.